The van der Waals surface area contributed by atoms with E-state index in [1.807, 2.05) is 0 Å². The van der Waals surface area contributed by atoms with Gasteiger partial charge >= 0.3 is 5.97 Å². The van der Waals surface area contributed by atoms with Crippen LogP contribution in [0.3, 0.4) is 0 Å². The topological polar surface area (TPSA) is 94.8 Å². The van der Waals surface area contributed by atoms with Crippen molar-refractivity contribution >= 4 is 5.97 Å². The molecule has 0 amide bonds. The van der Waals surface area contributed by atoms with Crippen LogP contribution in [0.15, 0.2) is 23.0 Å². The summed E-state index contributed by atoms with van der Waals surface area (Å²) in [5.41, 5.74) is -1.69. The average molecular weight is 182 g/mol. The molecule has 0 spiro atoms. The van der Waals surface area contributed by atoms with Crippen molar-refractivity contribution in [1.82, 2.24) is 0 Å². The van der Waals surface area contributed by atoms with Crippen molar-refractivity contribution in [2.45, 2.75) is 0 Å². The minimum Gasteiger partial charge on any atom is -0.504 e. The second kappa shape index (κ2) is 3.14. The van der Waals surface area contributed by atoms with E-state index in [-0.39, 0.29) is 0 Å². The highest BCUT2D eigenvalue weighted by molar-refractivity contribution is 5.91. The van der Waals surface area contributed by atoms with Crippen LogP contribution >= 0.6 is 0 Å². The van der Waals surface area contributed by atoms with Crippen molar-refractivity contribution in [2.75, 3.05) is 0 Å². The van der Waals surface area contributed by atoms with E-state index in [1.54, 1.807) is 0 Å². The third kappa shape index (κ3) is 1.58. The number of hydrogen-bond donors (Lipinski definition) is 3. The molecule has 0 saturated heterocycles. The number of carboxylic acids is 1. The summed E-state index contributed by atoms with van der Waals surface area (Å²) in [5.74, 6) is -3.13. The molecule has 68 valence electrons. The van der Waals surface area contributed by atoms with Crippen LogP contribution in [0, 0.1) is 0 Å². The molecule has 0 atom stereocenters. The Labute approximate surface area is 72.5 Å². The van der Waals surface area contributed by atoms with E-state index in [9.17, 15) is 9.59 Å². The average Bonchev–Trinajstić information content (AvgIpc) is 2.13. The molecule has 1 aromatic rings. The standard InChI is InChI=1S/C8H6O5/c9-4-2-1-3-5(10)7(11)6(4)8(12)13/h1-3,10-11H,(H,12,13). The first-order chi connectivity index (χ1) is 6.04. The van der Waals surface area contributed by atoms with Gasteiger partial charge in [-0.25, -0.2) is 4.79 Å². The quantitative estimate of drug-likeness (QED) is 0.574. The fourth-order valence-corrected chi connectivity index (χ4v) is 0.840. The van der Waals surface area contributed by atoms with E-state index in [2.05, 4.69) is 0 Å². The van der Waals surface area contributed by atoms with Crippen LogP contribution in [0.5, 0.6) is 11.5 Å². The van der Waals surface area contributed by atoms with Gasteiger partial charge in [-0.15, -0.1) is 0 Å². The number of carbonyl (C=O) groups is 1. The molecule has 0 heterocycles. The van der Waals surface area contributed by atoms with Crippen molar-refractivity contribution in [3.05, 3.63) is 34.0 Å². The Bertz CT molecular complexity index is 410. The van der Waals surface area contributed by atoms with Crippen LogP contribution in [0.2, 0.25) is 0 Å². The van der Waals surface area contributed by atoms with Gasteiger partial charge < -0.3 is 15.3 Å². The predicted molar refractivity (Wildman–Crippen MR) is 43.0 cm³/mol. The Morgan fingerprint density at radius 2 is 1.85 bits per heavy atom. The molecule has 5 heteroatoms. The molecule has 0 unspecified atom stereocenters. The first-order valence-corrected chi connectivity index (χ1v) is 3.32. The van der Waals surface area contributed by atoms with E-state index < -0.39 is 28.5 Å². The zero-order chi connectivity index (χ0) is 10.0. The summed E-state index contributed by atoms with van der Waals surface area (Å²) in [6.07, 6.45) is 0. The molecule has 1 rings (SSSR count). The van der Waals surface area contributed by atoms with Gasteiger partial charge in [0.2, 0.25) is 0 Å². The highest BCUT2D eigenvalue weighted by atomic mass is 16.4. The van der Waals surface area contributed by atoms with Gasteiger partial charge in [-0.05, 0) is 12.1 Å². The van der Waals surface area contributed by atoms with E-state index in [4.69, 9.17) is 15.3 Å². The molecular weight excluding hydrogens is 176 g/mol. The Balaban J connectivity index is 3.68. The molecular formula is C8H6O5. The Morgan fingerprint density at radius 1 is 1.23 bits per heavy atom. The molecule has 0 bridgehead atoms. The maximum Gasteiger partial charge on any atom is 0.343 e. The fourth-order valence-electron chi connectivity index (χ4n) is 0.840. The number of rotatable bonds is 1. The van der Waals surface area contributed by atoms with Crippen molar-refractivity contribution in [3.8, 4) is 11.5 Å². The molecule has 0 aliphatic heterocycles. The third-order valence-electron chi connectivity index (χ3n) is 1.44. The van der Waals surface area contributed by atoms with Gasteiger partial charge in [-0.2, -0.15) is 0 Å². The number of aromatic carboxylic acids is 1. The van der Waals surface area contributed by atoms with Crippen LogP contribution in [0.25, 0.3) is 0 Å². The maximum atomic E-state index is 11.0. The van der Waals surface area contributed by atoms with Crippen LogP contribution in [-0.4, -0.2) is 21.3 Å². The van der Waals surface area contributed by atoms with Crippen molar-refractivity contribution < 1.29 is 20.1 Å². The van der Waals surface area contributed by atoms with Gasteiger partial charge in [-0.1, -0.05) is 6.07 Å². The highest BCUT2D eigenvalue weighted by Crippen LogP contribution is 2.24. The summed E-state index contributed by atoms with van der Waals surface area (Å²) >= 11 is 0. The van der Waals surface area contributed by atoms with E-state index in [0.717, 1.165) is 18.2 Å². The molecule has 0 saturated carbocycles. The Morgan fingerprint density at radius 3 is 2.38 bits per heavy atom. The lowest BCUT2D eigenvalue weighted by molar-refractivity contribution is 0.0692. The normalized spacial score (nSPS) is 9.54. The smallest absolute Gasteiger partial charge is 0.343 e. The highest BCUT2D eigenvalue weighted by Gasteiger charge is 2.15. The number of carboxylic acid groups (broad SMARTS) is 1. The molecule has 3 N–H and O–H groups in total. The molecule has 0 fully saturated rings. The van der Waals surface area contributed by atoms with Crippen molar-refractivity contribution in [2.24, 2.45) is 0 Å². The van der Waals surface area contributed by atoms with E-state index in [1.165, 1.54) is 0 Å². The minimum absolute atomic E-state index is 0.639. The van der Waals surface area contributed by atoms with Crippen LogP contribution in [0.4, 0.5) is 0 Å². The summed E-state index contributed by atoms with van der Waals surface area (Å²) in [4.78, 5) is 21.4. The van der Waals surface area contributed by atoms with E-state index >= 15 is 0 Å². The van der Waals surface area contributed by atoms with Gasteiger partial charge in [0.1, 0.15) is 0 Å². The molecule has 0 aliphatic rings. The molecule has 0 aliphatic carbocycles. The fraction of sp³-hybridized carbons (Fsp3) is 0. The minimum atomic E-state index is -1.58. The second-order valence-electron chi connectivity index (χ2n) is 2.30. The van der Waals surface area contributed by atoms with Crippen LogP contribution in [0.1, 0.15) is 10.4 Å². The van der Waals surface area contributed by atoms with Gasteiger partial charge in [0, 0.05) is 0 Å². The first kappa shape index (κ1) is 9.05. The summed E-state index contributed by atoms with van der Waals surface area (Å²) in [5, 5.41) is 26.6. The molecule has 1 aromatic carbocycles. The molecule has 0 radical (unpaired) electrons. The van der Waals surface area contributed by atoms with E-state index in [0.29, 0.717) is 0 Å². The summed E-state index contributed by atoms with van der Waals surface area (Å²) in [6.45, 7) is 0. The summed E-state index contributed by atoms with van der Waals surface area (Å²) in [7, 11) is 0. The van der Waals surface area contributed by atoms with Crippen molar-refractivity contribution in [3.63, 3.8) is 0 Å². The zero-order valence-corrected chi connectivity index (χ0v) is 6.39. The van der Waals surface area contributed by atoms with Gasteiger partial charge in [0.25, 0.3) is 0 Å². The summed E-state index contributed by atoms with van der Waals surface area (Å²) in [6, 6.07) is 3.13. The lowest BCUT2D eigenvalue weighted by Crippen LogP contribution is -2.10. The lowest BCUT2D eigenvalue weighted by atomic mass is 10.2. The molecule has 13 heavy (non-hydrogen) atoms. The van der Waals surface area contributed by atoms with Gasteiger partial charge in [0.05, 0.1) is 0 Å². The Hall–Kier alpha value is -2.04. The SMILES string of the molecule is O=C(O)c1c(O)c(O)cccc1=O. The molecule has 5 nitrogen and oxygen atoms in total. The number of hydrogen-bond acceptors (Lipinski definition) is 4. The zero-order valence-electron chi connectivity index (χ0n) is 6.39. The van der Waals surface area contributed by atoms with Crippen LogP contribution in [-0.2, 0) is 0 Å². The Kier molecular flexibility index (Phi) is 2.19. The van der Waals surface area contributed by atoms with Crippen LogP contribution < -0.4 is 5.43 Å². The number of aromatic hydroxyl groups is 2. The van der Waals surface area contributed by atoms with Gasteiger partial charge in [0.15, 0.2) is 22.5 Å². The predicted octanol–water partition coefficient (Wildman–Crippen LogP) is 0.156. The first-order valence-electron chi connectivity index (χ1n) is 3.32. The largest absolute Gasteiger partial charge is 0.504 e. The monoisotopic (exact) mass is 182 g/mol. The maximum absolute atomic E-state index is 11.0. The molecule has 0 aromatic heterocycles. The van der Waals surface area contributed by atoms with Crippen molar-refractivity contribution in [1.29, 1.82) is 0 Å². The second-order valence-corrected chi connectivity index (χ2v) is 2.30. The lowest BCUT2D eigenvalue weighted by Gasteiger charge is -1.93. The van der Waals surface area contributed by atoms with Gasteiger partial charge in [-0.3, -0.25) is 4.79 Å². The third-order valence-corrected chi connectivity index (χ3v) is 1.44. The summed E-state index contributed by atoms with van der Waals surface area (Å²) < 4.78 is 0.